The molecule has 0 aliphatic carbocycles. The summed E-state index contributed by atoms with van der Waals surface area (Å²) in [5, 5.41) is 2.36. The summed E-state index contributed by atoms with van der Waals surface area (Å²) in [6.45, 7) is 5.33. The van der Waals surface area contributed by atoms with E-state index in [2.05, 4.69) is 5.32 Å². The summed E-state index contributed by atoms with van der Waals surface area (Å²) in [6, 6.07) is 10.7. The second-order valence-corrected chi connectivity index (χ2v) is 7.07. The van der Waals surface area contributed by atoms with Gasteiger partial charge in [0, 0.05) is 12.4 Å². The smallest absolute Gasteiger partial charge is 0.418 e. The van der Waals surface area contributed by atoms with Gasteiger partial charge in [-0.3, -0.25) is 9.88 Å². The van der Waals surface area contributed by atoms with Gasteiger partial charge in [-0.05, 0) is 44.0 Å². The van der Waals surface area contributed by atoms with E-state index in [-0.39, 0.29) is 12.3 Å². The van der Waals surface area contributed by atoms with E-state index in [1.54, 1.807) is 26.8 Å². The topological polar surface area (TPSA) is 95.9 Å². The Labute approximate surface area is 169 Å². The summed E-state index contributed by atoms with van der Waals surface area (Å²) in [5.41, 5.74) is 0.520. The van der Waals surface area contributed by atoms with Crippen LogP contribution in [0.5, 0.6) is 0 Å². The Bertz CT molecular complexity index is 893. The summed E-state index contributed by atoms with van der Waals surface area (Å²) in [4.78, 5) is 36.1. The number of carbonyl (C=O) groups is 3. The Morgan fingerprint density at radius 2 is 1.79 bits per heavy atom. The molecule has 2 aromatic rings. The molecular formula is C21H24N2O6. The number of carbonyl (C=O) groups excluding carboxylic acids is 3. The Morgan fingerprint density at radius 1 is 1.10 bits per heavy atom. The van der Waals surface area contributed by atoms with Gasteiger partial charge in [-0.1, -0.05) is 30.3 Å². The van der Waals surface area contributed by atoms with Crippen molar-refractivity contribution in [2.45, 2.75) is 33.0 Å². The SMILES string of the molecule is COC(=O)/C(=C\c1ccn(C(=O)OC(C)(C)C)c1)NC(=O)OCc1ccccc1. The fraction of sp³-hybridized carbons (Fsp3) is 0.286. The molecule has 0 fully saturated rings. The van der Waals surface area contributed by atoms with Crippen LogP contribution in [0.25, 0.3) is 6.08 Å². The van der Waals surface area contributed by atoms with Crippen LogP contribution in [-0.2, 0) is 25.6 Å². The molecule has 1 N–H and O–H groups in total. The minimum Gasteiger partial charge on any atom is -0.464 e. The number of hydrogen-bond acceptors (Lipinski definition) is 6. The number of amides is 1. The molecule has 154 valence electrons. The van der Waals surface area contributed by atoms with Gasteiger partial charge in [-0.15, -0.1) is 0 Å². The number of hydrogen-bond donors (Lipinski definition) is 1. The number of aromatic nitrogens is 1. The number of nitrogens with zero attached hydrogens (tertiary/aromatic N) is 1. The molecule has 0 unspecified atom stereocenters. The number of methoxy groups -OCH3 is 1. The molecule has 1 heterocycles. The monoisotopic (exact) mass is 400 g/mol. The number of esters is 1. The molecule has 0 bridgehead atoms. The van der Waals surface area contributed by atoms with Crippen LogP contribution in [0.4, 0.5) is 9.59 Å². The molecule has 0 aliphatic rings. The molecule has 1 aromatic carbocycles. The first-order valence-corrected chi connectivity index (χ1v) is 8.87. The molecule has 0 saturated heterocycles. The van der Waals surface area contributed by atoms with Crippen molar-refractivity contribution in [3.8, 4) is 0 Å². The third-order valence-corrected chi connectivity index (χ3v) is 3.49. The average molecular weight is 400 g/mol. The van der Waals surface area contributed by atoms with Crippen molar-refractivity contribution < 1.29 is 28.6 Å². The number of benzene rings is 1. The quantitative estimate of drug-likeness (QED) is 0.467. The summed E-state index contributed by atoms with van der Waals surface area (Å²) in [5.74, 6) is -0.758. The van der Waals surface area contributed by atoms with Gasteiger partial charge in [0.25, 0.3) is 0 Å². The second-order valence-electron chi connectivity index (χ2n) is 7.07. The van der Waals surface area contributed by atoms with E-state index in [0.29, 0.717) is 5.56 Å². The standard InChI is InChI=1S/C21H24N2O6/c1-21(2,3)29-20(26)23-11-10-16(13-23)12-17(18(24)27-4)22-19(25)28-14-15-8-6-5-7-9-15/h5-13H,14H2,1-4H3,(H,22,25)/b17-12+. The molecule has 1 amide bonds. The molecule has 0 spiro atoms. The Hall–Kier alpha value is -3.55. The lowest BCUT2D eigenvalue weighted by Crippen LogP contribution is -2.28. The number of rotatable bonds is 5. The van der Waals surface area contributed by atoms with Crippen LogP contribution in [0.1, 0.15) is 31.9 Å². The predicted molar refractivity (Wildman–Crippen MR) is 106 cm³/mol. The molecule has 0 radical (unpaired) electrons. The van der Waals surface area contributed by atoms with Crippen molar-refractivity contribution >= 4 is 24.2 Å². The zero-order valence-corrected chi connectivity index (χ0v) is 16.8. The van der Waals surface area contributed by atoms with Gasteiger partial charge in [0.15, 0.2) is 0 Å². The van der Waals surface area contributed by atoms with Crippen LogP contribution in [0, 0.1) is 0 Å². The van der Waals surface area contributed by atoms with E-state index in [0.717, 1.165) is 5.56 Å². The highest BCUT2D eigenvalue weighted by Crippen LogP contribution is 2.12. The molecule has 0 atom stereocenters. The first kappa shape index (κ1) is 21.7. The minimum absolute atomic E-state index is 0.0517. The van der Waals surface area contributed by atoms with E-state index >= 15 is 0 Å². The maximum Gasteiger partial charge on any atom is 0.418 e. The fourth-order valence-corrected chi connectivity index (χ4v) is 2.22. The molecule has 8 heteroatoms. The molecule has 29 heavy (non-hydrogen) atoms. The molecule has 8 nitrogen and oxygen atoms in total. The van der Waals surface area contributed by atoms with E-state index in [1.165, 1.54) is 30.1 Å². The fourth-order valence-electron chi connectivity index (χ4n) is 2.22. The predicted octanol–water partition coefficient (Wildman–Crippen LogP) is 3.71. The van der Waals surface area contributed by atoms with Crippen LogP contribution in [0.2, 0.25) is 0 Å². The molecule has 1 aromatic heterocycles. The van der Waals surface area contributed by atoms with Crippen LogP contribution in [-0.4, -0.2) is 35.4 Å². The summed E-state index contributed by atoms with van der Waals surface area (Å²) >= 11 is 0. The highest BCUT2D eigenvalue weighted by atomic mass is 16.6. The van der Waals surface area contributed by atoms with Crippen molar-refractivity contribution in [1.29, 1.82) is 0 Å². The zero-order valence-electron chi connectivity index (χ0n) is 16.8. The maximum absolute atomic E-state index is 12.1. The number of alkyl carbamates (subject to hydrolysis) is 1. The largest absolute Gasteiger partial charge is 0.464 e. The highest BCUT2D eigenvalue weighted by Gasteiger charge is 2.18. The first-order valence-electron chi connectivity index (χ1n) is 8.87. The van der Waals surface area contributed by atoms with Gasteiger partial charge in [0.1, 0.15) is 17.9 Å². The summed E-state index contributed by atoms with van der Waals surface area (Å²) in [6.07, 6.45) is 2.96. The third kappa shape index (κ3) is 7.17. The van der Waals surface area contributed by atoms with Gasteiger partial charge < -0.3 is 14.2 Å². The van der Waals surface area contributed by atoms with Crippen molar-refractivity contribution in [3.05, 3.63) is 65.6 Å². The highest BCUT2D eigenvalue weighted by molar-refractivity contribution is 5.96. The van der Waals surface area contributed by atoms with Crippen molar-refractivity contribution in [2.24, 2.45) is 0 Å². The summed E-state index contributed by atoms with van der Waals surface area (Å²) < 4.78 is 16.3. The normalized spacial score (nSPS) is 11.5. The number of nitrogens with one attached hydrogen (secondary N) is 1. The lowest BCUT2D eigenvalue weighted by molar-refractivity contribution is -0.136. The van der Waals surface area contributed by atoms with Gasteiger partial charge in [-0.2, -0.15) is 0 Å². The maximum atomic E-state index is 12.1. The van der Waals surface area contributed by atoms with E-state index in [4.69, 9.17) is 14.2 Å². The Kier molecular flexibility index (Phi) is 7.19. The third-order valence-electron chi connectivity index (χ3n) is 3.49. The van der Waals surface area contributed by atoms with Crippen molar-refractivity contribution in [2.75, 3.05) is 7.11 Å². The lowest BCUT2D eigenvalue weighted by atomic mass is 10.2. The van der Waals surface area contributed by atoms with Crippen LogP contribution >= 0.6 is 0 Å². The van der Waals surface area contributed by atoms with Gasteiger partial charge >= 0.3 is 18.2 Å². The minimum atomic E-state index is -0.808. The van der Waals surface area contributed by atoms with Crippen molar-refractivity contribution in [3.63, 3.8) is 0 Å². The van der Waals surface area contributed by atoms with Crippen molar-refractivity contribution in [1.82, 2.24) is 9.88 Å². The lowest BCUT2D eigenvalue weighted by Gasteiger charge is -2.19. The average Bonchev–Trinajstić information content (AvgIpc) is 3.13. The van der Waals surface area contributed by atoms with E-state index in [1.807, 2.05) is 30.3 Å². The molecule has 0 aliphatic heterocycles. The Balaban J connectivity index is 2.07. The van der Waals surface area contributed by atoms with Gasteiger partial charge in [-0.25, -0.2) is 14.4 Å². The van der Waals surface area contributed by atoms with Gasteiger partial charge in [0.05, 0.1) is 7.11 Å². The number of ether oxygens (including phenoxy) is 3. The van der Waals surface area contributed by atoms with Crippen LogP contribution in [0.15, 0.2) is 54.5 Å². The molecular weight excluding hydrogens is 376 g/mol. The van der Waals surface area contributed by atoms with E-state index < -0.39 is 23.8 Å². The zero-order chi connectivity index (χ0) is 21.4. The van der Waals surface area contributed by atoms with E-state index in [9.17, 15) is 14.4 Å². The van der Waals surface area contributed by atoms with Crippen LogP contribution in [0.3, 0.4) is 0 Å². The molecule has 0 saturated carbocycles. The second kappa shape index (κ2) is 9.59. The Morgan fingerprint density at radius 3 is 2.41 bits per heavy atom. The summed E-state index contributed by atoms with van der Waals surface area (Å²) in [7, 11) is 1.19. The first-order chi connectivity index (χ1) is 13.7. The van der Waals surface area contributed by atoms with Gasteiger partial charge in [0.2, 0.25) is 0 Å². The van der Waals surface area contributed by atoms with Crippen LogP contribution < -0.4 is 5.32 Å². The molecule has 2 rings (SSSR count).